The van der Waals surface area contributed by atoms with Gasteiger partial charge in [-0.25, -0.2) is 13.6 Å². The molecular formula is C16H23F2N3O2. The molecule has 1 saturated heterocycles. The van der Waals surface area contributed by atoms with Crippen LogP contribution in [0.5, 0.6) is 0 Å². The number of rotatable bonds is 6. The number of Topliss-reactive ketones (excluding diaryl/α,β-unsaturated/α-hetero) is 1. The van der Waals surface area contributed by atoms with Gasteiger partial charge in [-0.15, -0.1) is 0 Å². The van der Waals surface area contributed by atoms with E-state index >= 15 is 0 Å². The number of nitrogens with zero attached hydrogens (tertiary/aromatic N) is 2. The molecule has 0 aromatic heterocycles. The third-order valence-corrected chi connectivity index (χ3v) is 4.64. The summed E-state index contributed by atoms with van der Waals surface area (Å²) < 4.78 is 26.6. The monoisotopic (exact) mass is 327 g/mol. The Kier molecular flexibility index (Phi) is 5.23. The summed E-state index contributed by atoms with van der Waals surface area (Å²) in [7, 11) is 0. The molecule has 7 heteroatoms. The second kappa shape index (κ2) is 6.81. The molecular weight excluding hydrogens is 304 g/mol. The van der Waals surface area contributed by atoms with Gasteiger partial charge in [0.25, 0.3) is 0 Å². The summed E-state index contributed by atoms with van der Waals surface area (Å²) in [4.78, 5) is 26.0. The Hall–Kier alpha value is -1.71. The number of alkyl halides is 2. The zero-order valence-electron chi connectivity index (χ0n) is 13.4. The minimum absolute atomic E-state index is 0.0344. The number of ketones is 1. The topological polar surface area (TPSA) is 73.2 Å². The molecule has 1 spiro atoms. The Morgan fingerprint density at radius 3 is 2.65 bits per heavy atom. The largest absolute Gasteiger partial charge is 0.328 e. The Morgan fingerprint density at radius 2 is 2.09 bits per heavy atom. The van der Waals surface area contributed by atoms with Crippen LogP contribution < -0.4 is 5.32 Å². The molecule has 23 heavy (non-hydrogen) atoms. The van der Waals surface area contributed by atoms with Gasteiger partial charge in [0.2, 0.25) is 5.92 Å². The second-order valence-electron chi connectivity index (χ2n) is 6.93. The summed E-state index contributed by atoms with van der Waals surface area (Å²) in [6.07, 6.45) is 3.33. The molecule has 0 bridgehead atoms. The Bertz CT molecular complexity index is 506. The highest BCUT2D eigenvalue weighted by Gasteiger charge is 2.46. The van der Waals surface area contributed by atoms with Gasteiger partial charge in [0.05, 0.1) is 12.1 Å². The van der Waals surface area contributed by atoms with E-state index in [2.05, 4.69) is 5.32 Å². The highest BCUT2D eigenvalue weighted by molar-refractivity contribution is 5.88. The molecule has 0 unspecified atom stereocenters. The Labute approximate surface area is 135 Å². The first-order valence-corrected chi connectivity index (χ1v) is 8.08. The fourth-order valence-corrected chi connectivity index (χ4v) is 3.16. The summed E-state index contributed by atoms with van der Waals surface area (Å²) in [5.74, 6) is -3.57. The highest BCUT2D eigenvalue weighted by atomic mass is 19.3. The molecule has 2 rings (SSSR count). The van der Waals surface area contributed by atoms with Crippen LogP contribution in [0.4, 0.5) is 13.6 Å². The lowest BCUT2D eigenvalue weighted by Crippen LogP contribution is -2.52. The maximum absolute atomic E-state index is 13.3. The lowest BCUT2D eigenvalue weighted by molar-refractivity contribution is -0.123. The number of amides is 2. The molecule has 2 amide bonds. The number of nitrogens with one attached hydrogen (secondary N) is 1. The van der Waals surface area contributed by atoms with Gasteiger partial charge in [0.15, 0.2) is 5.78 Å². The number of urea groups is 1. The average Bonchev–Trinajstić information content (AvgIpc) is 3.21. The van der Waals surface area contributed by atoms with Crippen molar-refractivity contribution in [2.45, 2.75) is 63.8 Å². The molecule has 1 heterocycles. The maximum atomic E-state index is 13.3. The number of nitriles is 1. The van der Waals surface area contributed by atoms with E-state index < -0.39 is 30.2 Å². The van der Waals surface area contributed by atoms with E-state index in [9.17, 15) is 18.4 Å². The summed E-state index contributed by atoms with van der Waals surface area (Å²) in [6.45, 7) is 1.96. The van der Waals surface area contributed by atoms with E-state index in [0.29, 0.717) is 13.1 Å². The average molecular weight is 327 g/mol. The molecule has 2 fully saturated rings. The van der Waals surface area contributed by atoms with Crippen molar-refractivity contribution in [3.63, 3.8) is 0 Å². The smallest absolute Gasteiger partial charge is 0.318 e. The van der Waals surface area contributed by atoms with E-state index in [0.717, 1.165) is 32.6 Å². The zero-order valence-corrected chi connectivity index (χ0v) is 13.4. The minimum Gasteiger partial charge on any atom is -0.328 e. The Balaban J connectivity index is 1.96. The molecule has 0 aromatic rings. The fraction of sp³-hybridized carbons (Fsp3) is 0.812. The van der Waals surface area contributed by atoms with Crippen LogP contribution >= 0.6 is 0 Å². The fourth-order valence-electron chi connectivity index (χ4n) is 3.16. The standard InChI is InChI=1S/C16H23F2N3O2/c1-15(17,18)10-12(13(22)4-2-8-19)20-14(23)21-9-3-5-16(11-21)6-7-16/h12H,2-7,9-11H2,1H3,(H,20,23)/t12-/m0/s1. The summed E-state index contributed by atoms with van der Waals surface area (Å²) >= 11 is 0. The van der Waals surface area contributed by atoms with Gasteiger partial charge in [-0.3, -0.25) is 4.79 Å². The molecule has 2 aliphatic rings. The normalized spacial score (nSPS) is 20.7. The molecule has 1 atom stereocenters. The van der Waals surface area contributed by atoms with Crippen LogP contribution in [0.1, 0.15) is 51.9 Å². The van der Waals surface area contributed by atoms with Crippen molar-refractivity contribution in [2.24, 2.45) is 5.41 Å². The van der Waals surface area contributed by atoms with Gasteiger partial charge >= 0.3 is 6.03 Å². The molecule has 0 aromatic carbocycles. The van der Waals surface area contributed by atoms with Crippen LogP contribution in [0.15, 0.2) is 0 Å². The van der Waals surface area contributed by atoms with Gasteiger partial charge in [0.1, 0.15) is 0 Å². The molecule has 1 aliphatic heterocycles. The predicted octanol–water partition coefficient (Wildman–Crippen LogP) is 2.86. The molecule has 128 valence electrons. The van der Waals surface area contributed by atoms with Crippen LogP contribution in [-0.2, 0) is 4.79 Å². The number of halogens is 2. The van der Waals surface area contributed by atoms with Crippen molar-refractivity contribution in [1.82, 2.24) is 10.2 Å². The number of hydrogen-bond acceptors (Lipinski definition) is 3. The van der Waals surface area contributed by atoms with Crippen LogP contribution in [0, 0.1) is 16.7 Å². The SMILES string of the molecule is CC(F)(F)C[C@H](NC(=O)N1CCCC2(CC2)C1)C(=O)CCC#N. The van der Waals surface area contributed by atoms with Crippen molar-refractivity contribution in [3.8, 4) is 6.07 Å². The maximum Gasteiger partial charge on any atom is 0.318 e. The number of piperidine rings is 1. The van der Waals surface area contributed by atoms with Crippen molar-refractivity contribution < 1.29 is 18.4 Å². The number of hydrogen-bond donors (Lipinski definition) is 1. The quantitative estimate of drug-likeness (QED) is 0.815. The number of carbonyl (C=O) groups is 2. The molecule has 0 radical (unpaired) electrons. The summed E-state index contributed by atoms with van der Waals surface area (Å²) in [6, 6.07) is 0.129. The first-order chi connectivity index (χ1) is 10.7. The van der Waals surface area contributed by atoms with Crippen molar-refractivity contribution in [3.05, 3.63) is 0 Å². The third-order valence-electron chi connectivity index (χ3n) is 4.64. The molecule has 1 saturated carbocycles. The number of likely N-dealkylation sites (tertiary alicyclic amines) is 1. The first-order valence-electron chi connectivity index (χ1n) is 8.08. The summed E-state index contributed by atoms with van der Waals surface area (Å²) in [5.41, 5.74) is 0.227. The zero-order chi connectivity index (χ0) is 17.1. The van der Waals surface area contributed by atoms with E-state index in [4.69, 9.17) is 5.26 Å². The van der Waals surface area contributed by atoms with Crippen molar-refractivity contribution in [2.75, 3.05) is 13.1 Å². The van der Waals surface area contributed by atoms with E-state index in [-0.39, 0.29) is 18.3 Å². The van der Waals surface area contributed by atoms with Crippen molar-refractivity contribution in [1.29, 1.82) is 5.26 Å². The van der Waals surface area contributed by atoms with Gasteiger partial charge in [-0.1, -0.05) is 0 Å². The van der Waals surface area contributed by atoms with Gasteiger partial charge < -0.3 is 10.2 Å². The van der Waals surface area contributed by atoms with Crippen LogP contribution in [0.2, 0.25) is 0 Å². The molecule has 5 nitrogen and oxygen atoms in total. The van der Waals surface area contributed by atoms with E-state index in [1.807, 2.05) is 6.07 Å². The minimum atomic E-state index is -3.06. The lowest BCUT2D eigenvalue weighted by Gasteiger charge is -2.34. The summed E-state index contributed by atoms with van der Waals surface area (Å²) in [5, 5.41) is 11.0. The van der Waals surface area contributed by atoms with Crippen molar-refractivity contribution >= 4 is 11.8 Å². The second-order valence-corrected chi connectivity index (χ2v) is 6.93. The molecule has 1 aliphatic carbocycles. The van der Waals surface area contributed by atoms with E-state index in [1.165, 1.54) is 0 Å². The van der Waals surface area contributed by atoms with E-state index in [1.54, 1.807) is 4.90 Å². The Morgan fingerprint density at radius 1 is 1.39 bits per heavy atom. The van der Waals surface area contributed by atoms with Crippen LogP contribution in [-0.4, -0.2) is 41.8 Å². The van der Waals surface area contributed by atoms with Gasteiger partial charge in [0, 0.05) is 32.4 Å². The predicted molar refractivity (Wildman–Crippen MR) is 79.9 cm³/mol. The lowest BCUT2D eigenvalue weighted by atomic mass is 9.95. The van der Waals surface area contributed by atoms with Crippen LogP contribution in [0.25, 0.3) is 0 Å². The third kappa shape index (κ3) is 5.15. The first kappa shape index (κ1) is 17.6. The number of carbonyl (C=O) groups excluding carboxylic acids is 2. The van der Waals surface area contributed by atoms with Gasteiger partial charge in [-0.2, -0.15) is 5.26 Å². The molecule has 1 N–H and O–H groups in total. The van der Waals surface area contributed by atoms with Crippen LogP contribution in [0.3, 0.4) is 0 Å². The van der Waals surface area contributed by atoms with Gasteiger partial charge in [-0.05, 0) is 38.0 Å². The highest BCUT2D eigenvalue weighted by Crippen LogP contribution is 2.51.